The second-order valence-electron chi connectivity index (χ2n) is 7.94. The van der Waals surface area contributed by atoms with E-state index in [0.29, 0.717) is 10.7 Å². The Morgan fingerprint density at radius 3 is 2.69 bits per heavy atom. The molecule has 5 rings (SSSR count). The van der Waals surface area contributed by atoms with Crippen molar-refractivity contribution in [3.63, 3.8) is 0 Å². The summed E-state index contributed by atoms with van der Waals surface area (Å²) >= 11 is 1.44. The molecular weight excluding hydrogens is 422 g/mol. The summed E-state index contributed by atoms with van der Waals surface area (Å²) in [6.45, 7) is 3.29. The number of carbonyl (C=O) groups excluding carboxylic acids is 1. The van der Waals surface area contributed by atoms with Crippen LogP contribution in [-0.2, 0) is 13.2 Å². The Morgan fingerprint density at radius 2 is 1.84 bits per heavy atom. The Morgan fingerprint density at radius 1 is 1.06 bits per heavy atom. The number of anilines is 1. The first-order valence-electron chi connectivity index (χ1n) is 10.9. The first-order valence-corrected chi connectivity index (χ1v) is 11.8. The van der Waals surface area contributed by atoms with Crippen LogP contribution in [-0.4, -0.2) is 28.9 Å². The first kappa shape index (κ1) is 20.7. The zero-order valence-electron chi connectivity index (χ0n) is 17.8. The Balaban J connectivity index is 1.33. The predicted octanol–water partition coefficient (Wildman–Crippen LogP) is 5.71. The van der Waals surface area contributed by atoms with Crippen LogP contribution < -0.4 is 10.1 Å². The number of benzene rings is 2. The lowest BCUT2D eigenvalue weighted by Crippen LogP contribution is -2.29. The number of hydrogen-bond donors (Lipinski definition) is 1. The number of nitrogens with one attached hydrogen (secondary N) is 1. The first-order chi connectivity index (χ1) is 15.8. The molecule has 0 unspecified atom stereocenters. The standard InChI is InChI=1S/C25H25N3O3S/c29-24(27-25-26-18(17-32-25)15-28-13-7-2-8-14-28)23-21(16-30-19-9-3-1-4-10-19)20-11-5-6-12-22(20)31-23/h1,3-6,9-12,17H,2,7-8,13-16H2,(H,26,27,29). The van der Waals surface area contributed by atoms with E-state index in [9.17, 15) is 4.79 Å². The summed E-state index contributed by atoms with van der Waals surface area (Å²) in [6, 6.07) is 17.2. The molecular formula is C25H25N3O3S. The highest BCUT2D eigenvalue weighted by molar-refractivity contribution is 7.14. The highest BCUT2D eigenvalue weighted by Gasteiger charge is 2.22. The van der Waals surface area contributed by atoms with Crippen LogP contribution >= 0.6 is 11.3 Å². The fourth-order valence-electron chi connectivity index (χ4n) is 4.04. The van der Waals surface area contributed by atoms with Crippen LogP contribution in [0.1, 0.15) is 41.1 Å². The molecule has 32 heavy (non-hydrogen) atoms. The molecule has 2 aromatic heterocycles. The van der Waals surface area contributed by atoms with Crippen LogP contribution in [0.2, 0.25) is 0 Å². The number of furan rings is 1. The van der Waals surface area contributed by atoms with Gasteiger partial charge >= 0.3 is 0 Å². The van der Waals surface area contributed by atoms with E-state index in [1.165, 1.54) is 30.6 Å². The molecule has 164 valence electrons. The zero-order chi connectivity index (χ0) is 21.8. The van der Waals surface area contributed by atoms with Gasteiger partial charge in [-0.05, 0) is 44.1 Å². The number of hydrogen-bond acceptors (Lipinski definition) is 6. The van der Waals surface area contributed by atoms with Crippen molar-refractivity contribution < 1.29 is 13.9 Å². The van der Waals surface area contributed by atoms with Gasteiger partial charge in [0, 0.05) is 22.9 Å². The van der Waals surface area contributed by atoms with E-state index in [4.69, 9.17) is 9.15 Å². The van der Waals surface area contributed by atoms with E-state index < -0.39 is 0 Å². The quantitative estimate of drug-likeness (QED) is 0.393. The van der Waals surface area contributed by atoms with Gasteiger partial charge in [-0.25, -0.2) is 4.98 Å². The molecule has 0 atom stereocenters. The number of amides is 1. The van der Waals surface area contributed by atoms with Gasteiger partial charge in [-0.1, -0.05) is 42.8 Å². The minimum atomic E-state index is -0.313. The Hall–Kier alpha value is -3.16. The number of piperidine rings is 1. The van der Waals surface area contributed by atoms with Gasteiger partial charge in [0.1, 0.15) is 17.9 Å². The third kappa shape index (κ3) is 4.69. The molecule has 3 heterocycles. The second-order valence-corrected chi connectivity index (χ2v) is 8.80. The minimum Gasteiger partial charge on any atom is -0.489 e. The van der Waals surface area contributed by atoms with Gasteiger partial charge < -0.3 is 9.15 Å². The van der Waals surface area contributed by atoms with E-state index >= 15 is 0 Å². The summed E-state index contributed by atoms with van der Waals surface area (Å²) in [5.74, 6) is 0.688. The minimum absolute atomic E-state index is 0.238. The number of rotatable bonds is 7. The van der Waals surface area contributed by atoms with Crippen LogP contribution in [0, 0.1) is 0 Å². The van der Waals surface area contributed by atoms with Gasteiger partial charge in [0.25, 0.3) is 5.91 Å². The van der Waals surface area contributed by atoms with Crippen LogP contribution in [0.3, 0.4) is 0 Å². The zero-order valence-corrected chi connectivity index (χ0v) is 18.6. The monoisotopic (exact) mass is 447 g/mol. The normalized spacial score (nSPS) is 14.5. The van der Waals surface area contributed by atoms with E-state index in [0.717, 1.165) is 42.0 Å². The summed E-state index contributed by atoms with van der Waals surface area (Å²) < 4.78 is 11.9. The van der Waals surface area contributed by atoms with Crippen LogP contribution in [0.25, 0.3) is 11.0 Å². The largest absolute Gasteiger partial charge is 0.489 e. The lowest BCUT2D eigenvalue weighted by atomic mass is 10.1. The Kier molecular flexibility index (Phi) is 6.18. The van der Waals surface area contributed by atoms with Crippen molar-refractivity contribution in [2.24, 2.45) is 0 Å². The number of likely N-dealkylation sites (tertiary alicyclic amines) is 1. The number of para-hydroxylation sites is 2. The van der Waals surface area contributed by atoms with Crippen molar-refractivity contribution >= 4 is 33.3 Å². The van der Waals surface area contributed by atoms with Crippen molar-refractivity contribution in [2.75, 3.05) is 18.4 Å². The van der Waals surface area contributed by atoms with E-state index in [1.807, 2.05) is 60.0 Å². The molecule has 6 nitrogen and oxygen atoms in total. The van der Waals surface area contributed by atoms with Crippen LogP contribution in [0.5, 0.6) is 5.75 Å². The number of carbonyl (C=O) groups is 1. The van der Waals surface area contributed by atoms with Gasteiger partial charge in [-0.15, -0.1) is 11.3 Å². The van der Waals surface area contributed by atoms with E-state index in [2.05, 4.69) is 15.2 Å². The number of thiazole rings is 1. The number of aromatic nitrogens is 1. The highest BCUT2D eigenvalue weighted by atomic mass is 32.1. The van der Waals surface area contributed by atoms with Gasteiger partial charge in [0.05, 0.1) is 5.69 Å². The number of ether oxygens (including phenoxy) is 1. The molecule has 1 aliphatic heterocycles. The molecule has 2 aromatic carbocycles. The fraction of sp³-hybridized carbons (Fsp3) is 0.280. The number of nitrogens with zero attached hydrogens (tertiary/aromatic N) is 2. The molecule has 0 radical (unpaired) electrons. The maximum atomic E-state index is 13.1. The summed E-state index contributed by atoms with van der Waals surface area (Å²) in [5.41, 5.74) is 2.38. The average molecular weight is 448 g/mol. The molecule has 0 saturated carbocycles. The third-order valence-electron chi connectivity index (χ3n) is 5.64. The van der Waals surface area contributed by atoms with E-state index in [-0.39, 0.29) is 18.3 Å². The molecule has 0 bridgehead atoms. The average Bonchev–Trinajstić information content (AvgIpc) is 3.43. The summed E-state index contributed by atoms with van der Waals surface area (Å²) in [7, 11) is 0. The molecule has 1 aliphatic rings. The van der Waals surface area contributed by atoms with Crippen molar-refractivity contribution in [2.45, 2.75) is 32.4 Å². The fourth-order valence-corrected chi connectivity index (χ4v) is 4.73. The summed E-state index contributed by atoms with van der Waals surface area (Å²) in [6.07, 6.45) is 3.80. The molecule has 0 aliphatic carbocycles. The summed E-state index contributed by atoms with van der Waals surface area (Å²) in [5, 5.41) is 6.39. The SMILES string of the molecule is O=C(Nc1nc(CN2CCCCC2)cs1)c1oc2ccccc2c1COc1ccccc1. The van der Waals surface area contributed by atoms with Crippen molar-refractivity contribution in [3.8, 4) is 5.75 Å². The lowest BCUT2D eigenvalue weighted by molar-refractivity contribution is 0.0995. The third-order valence-corrected chi connectivity index (χ3v) is 6.44. The topological polar surface area (TPSA) is 67.6 Å². The molecule has 1 fully saturated rings. The maximum absolute atomic E-state index is 13.1. The van der Waals surface area contributed by atoms with E-state index in [1.54, 1.807) is 0 Å². The Labute approximate surface area is 190 Å². The second kappa shape index (κ2) is 9.54. The van der Waals surface area contributed by atoms with Crippen LogP contribution in [0.4, 0.5) is 5.13 Å². The molecule has 7 heteroatoms. The molecule has 1 saturated heterocycles. The van der Waals surface area contributed by atoms with Gasteiger partial charge in [-0.3, -0.25) is 15.0 Å². The number of fused-ring (bicyclic) bond motifs is 1. The van der Waals surface area contributed by atoms with Gasteiger partial charge in [0.15, 0.2) is 10.9 Å². The van der Waals surface area contributed by atoms with Gasteiger partial charge in [0.2, 0.25) is 0 Å². The lowest BCUT2D eigenvalue weighted by Gasteiger charge is -2.25. The van der Waals surface area contributed by atoms with Crippen molar-refractivity contribution in [3.05, 3.63) is 77.0 Å². The van der Waals surface area contributed by atoms with Crippen molar-refractivity contribution in [1.82, 2.24) is 9.88 Å². The van der Waals surface area contributed by atoms with Crippen molar-refractivity contribution in [1.29, 1.82) is 0 Å². The maximum Gasteiger partial charge on any atom is 0.293 e. The van der Waals surface area contributed by atoms with Gasteiger partial charge in [-0.2, -0.15) is 0 Å². The van der Waals surface area contributed by atoms with Crippen LogP contribution in [0.15, 0.2) is 64.4 Å². The summed E-state index contributed by atoms with van der Waals surface area (Å²) in [4.78, 5) is 20.1. The highest BCUT2D eigenvalue weighted by Crippen LogP contribution is 2.28. The predicted molar refractivity (Wildman–Crippen MR) is 126 cm³/mol. The Bertz CT molecular complexity index is 1200. The smallest absolute Gasteiger partial charge is 0.293 e. The molecule has 4 aromatic rings. The molecule has 1 amide bonds. The molecule has 1 N–H and O–H groups in total. The molecule has 0 spiro atoms.